The summed E-state index contributed by atoms with van der Waals surface area (Å²) in [5.74, 6) is -0.909. The lowest BCUT2D eigenvalue weighted by Crippen LogP contribution is -2.30. The molecule has 0 rings (SSSR count). The van der Waals surface area contributed by atoms with Gasteiger partial charge in [0.15, 0.2) is 6.10 Å². The SMILES string of the molecule is CC/C=C\C/C=C\C/C=C\C/C=C\C/C=C\CCCCCC(=O)OC(COC(=O)CCCCCCCCCCC/C=C\CCCCCCCCCC)COC(=O)CCCCCCCCCCCCCCC. The van der Waals surface area contributed by atoms with Gasteiger partial charge in [0.1, 0.15) is 13.2 Å². The van der Waals surface area contributed by atoms with Crippen LogP contribution in [0.25, 0.3) is 0 Å². The predicted octanol–water partition coefficient (Wildman–Crippen LogP) is 20.5. The Morgan fingerprint density at radius 2 is 0.549 bits per heavy atom. The summed E-state index contributed by atoms with van der Waals surface area (Å²) in [6, 6.07) is 0. The minimum absolute atomic E-state index is 0.0869. The van der Waals surface area contributed by atoms with E-state index >= 15 is 0 Å². The number of hydrogen-bond donors (Lipinski definition) is 0. The molecular weight excluding hydrogens is 877 g/mol. The van der Waals surface area contributed by atoms with Crippen LogP contribution in [0.2, 0.25) is 0 Å². The van der Waals surface area contributed by atoms with Crippen LogP contribution in [0.1, 0.15) is 303 Å². The monoisotopic (exact) mass is 991 g/mol. The maximum absolute atomic E-state index is 12.9. The van der Waals surface area contributed by atoms with E-state index < -0.39 is 6.10 Å². The van der Waals surface area contributed by atoms with Crippen LogP contribution in [0.5, 0.6) is 0 Å². The van der Waals surface area contributed by atoms with Gasteiger partial charge >= 0.3 is 17.9 Å². The van der Waals surface area contributed by atoms with Crippen LogP contribution in [0.4, 0.5) is 0 Å². The van der Waals surface area contributed by atoms with Crippen molar-refractivity contribution in [3.8, 4) is 0 Å². The highest BCUT2D eigenvalue weighted by Gasteiger charge is 2.19. The van der Waals surface area contributed by atoms with Crippen molar-refractivity contribution in [2.75, 3.05) is 13.2 Å². The third kappa shape index (κ3) is 57.6. The molecule has 6 heteroatoms. The van der Waals surface area contributed by atoms with Gasteiger partial charge in [-0.15, -0.1) is 0 Å². The predicted molar refractivity (Wildman–Crippen MR) is 307 cm³/mol. The Hall–Kier alpha value is -3.15. The Morgan fingerprint density at radius 1 is 0.296 bits per heavy atom. The first kappa shape index (κ1) is 67.8. The largest absolute Gasteiger partial charge is 0.462 e. The molecular formula is C65H114O6. The van der Waals surface area contributed by atoms with Crippen LogP contribution in [0, 0.1) is 0 Å². The van der Waals surface area contributed by atoms with Gasteiger partial charge in [-0.25, -0.2) is 0 Å². The number of unbranched alkanes of at least 4 members (excludes halogenated alkanes) is 32. The minimum Gasteiger partial charge on any atom is -0.462 e. The molecule has 0 fully saturated rings. The van der Waals surface area contributed by atoms with Gasteiger partial charge in [-0.1, -0.05) is 267 Å². The first-order valence-corrected chi connectivity index (χ1v) is 30.4. The van der Waals surface area contributed by atoms with Crippen molar-refractivity contribution in [2.45, 2.75) is 309 Å². The van der Waals surface area contributed by atoms with Crippen LogP contribution in [0.3, 0.4) is 0 Å². The van der Waals surface area contributed by atoms with Crippen molar-refractivity contribution in [2.24, 2.45) is 0 Å². The van der Waals surface area contributed by atoms with E-state index in [1.54, 1.807) is 0 Å². The highest BCUT2D eigenvalue weighted by atomic mass is 16.6. The molecule has 0 aliphatic rings. The van der Waals surface area contributed by atoms with Crippen molar-refractivity contribution in [3.05, 3.63) is 72.9 Å². The van der Waals surface area contributed by atoms with Crippen molar-refractivity contribution >= 4 is 17.9 Å². The molecule has 0 bridgehead atoms. The lowest BCUT2D eigenvalue weighted by atomic mass is 10.0. The van der Waals surface area contributed by atoms with E-state index in [2.05, 4.69) is 93.7 Å². The van der Waals surface area contributed by atoms with Crippen LogP contribution in [-0.4, -0.2) is 37.2 Å². The van der Waals surface area contributed by atoms with Gasteiger partial charge in [-0.2, -0.15) is 0 Å². The highest BCUT2D eigenvalue weighted by molar-refractivity contribution is 5.71. The van der Waals surface area contributed by atoms with Crippen LogP contribution in [-0.2, 0) is 28.6 Å². The van der Waals surface area contributed by atoms with E-state index in [1.807, 2.05) is 0 Å². The van der Waals surface area contributed by atoms with Crippen molar-refractivity contribution in [1.29, 1.82) is 0 Å². The molecule has 410 valence electrons. The zero-order chi connectivity index (χ0) is 51.4. The summed E-state index contributed by atoms with van der Waals surface area (Å²) in [5.41, 5.74) is 0. The van der Waals surface area contributed by atoms with Crippen molar-refractivity contribution in [3.63, 3.8) is 0 Å². The molecule has 1 atom stereocenters. The van der Waals surface area contributed by atoms with Gasteiger partial charge in [0.25, 0.3) is 0 Å². The lowest BCUT2D eigenvalue weighted by Gasteiger charge is -2.18. The summed E-state index contributed by atoms with van der Waals surface area (Å²) in [4.78, 5) is 38.2. The number of hydrogen-bond acceptors (Lipinski definition) is 6. The molecule has 0 amide bonds. The number of esters is 3. The van der Waals surface area contributed by atoms with Gasteiger partial charge in [0.2, 0.25) is 0 Å². The summed E-state index contributed by atoms with van der Waals surface area (Å²) in [5, 5.41) is 0. The van der Waals surface area contributed by atoms with Crippen molar-refractivity contribution < 1.29 is 28.6 Å². The topological polar surface area (TPSA) is 78.9 Å². The lowest BCUT2D eigenvalue weighted by molar-refractivity contribution is -0.167. The van der Waals surface area contributed by atoms with E-state index in [4.69, 9.17) is 14.2 Å². The molecule has 0 aromatic heterocycles. The van der Waals surface area contributed by atoms with Crippen LogP contribution >= 0.6 is 0 Å². The average Bonchev–Trinajstić information content (AvgIpc) is 3.37. The quantitative estimate of drug-likeness (QED) is 0.0261. The van der Waals surface area contributed by atoms with Crippen molar-refractivity contribution in [1.82, 2.24) is 0 Å². The third-order valence-electron chi connectivity index (χ3n) is 13.2. The molecule has 0 aliphatic carbocycles. The molecule has 0 radical (unpaired) electrons. The molecule has 0 aromatic carbocycles. The fourth-order valence-electron chi connectivity index (χ4n) is 8.64. The second-order valence-corrected chi connectivity index (χ2v) is 20.2. The molecule has 1 unspecified atom stereocenters. The van der Waals surface area contributed by atoms with Gasteiger partial charge in [0, 0.05) is 19.3 Å². The Balaban J connectivity index is 4.39. The summed E-state index contributed by atoms with van der Waals surface area (Å²) in [7, 11) is 0. The Bertz CT molecular complexity index is 1320. The first-order valence-electron chi connectivity index (χ1n) is 30.4. The molecule has 0 saturated carbocycles. The smallest absolute Gasteiger partial charge is 0.306 e. The van der Waals surface area contributed by atoms with E-state index in [-0.39, 0.29) is 31.1 Å². The Labute approximate surface area is 440 Å². The molecule has 0 heterocycles. The fourth-order valence-corrected chi connectivity index (χ4v) is 8.64. The van der Waals surface area contributed by atoms with E-state index in [0.717, 1.165) is 96.3 Å². The zero-order valence-electron chi connectivity index (χ0n) is 47.0. The highest BCUT2D eigenvalue weighted by Crippen LogP contribution is 2.16. The Kier molecular flexibility index (Phi) is 56.8. The van der Waals surface area contributed by atoms with Gasteiger partial charge in [-0.05, 0) is 89.9 Å². The normalized spacial score (nSPS) is 12.5. The second kappa shape index (κ2) is 59.4. The maximum atomic E-state index is 12.9. The summed E-state index contributed by atoms with van der Waals surface area (Å²) >= 11 is 0. The first-order chi connectivity index (χ1) is 35.0. The van der Waals surface area contributed by atoms with E-state index in [9.17, 15) is 14.4 Å². The second-order valence-electron chi connectivity index (χ2n) is 20.2. The number of rotatable bonds is 55. The number of ether oxygens (including phenoxy) is 3. The Morgan fingerprint density at radius 3 is 0.887 bits per heavy atom. The molecule has 0 N–H and O–H groups in total. The minimum atomic E-state index is -0.793. The van der Waals surface area contributed by atoms with E-state index in [1.165, 1.54) is 167 Å². The molecule has 0 saturated heterocycles. The summed E-state index contributed by atoms with van der Waals surface area (Å²) in [6.07, 6.45) is 76.1. The number of carbonyl (C=O) groups excluding carboxylic acids is 3. The zero-order valence-corrected chi connectivity index (χ0v) is 47.0. The fraction of sp³-hybridized carbons (Fsp3) is 0.769. The molecule has 0 aromatic rings. The van der Waals surface area contributed by atoms with Gasteiger partial charge < -0.3 is 14.2 Å². The van der Waals surface area contributed by atoms with Crippen LogP contribution < -0.4 is 0 Å². The average molecular weight is 992 g/mol. The van der Waals surface area contributed by atoms with Gasteiger partial charge in [0.05, 0.1) is 0 Å². The summed E-state index contributed by atoms with van der Waals surface area (Å²) < 4.78 is 16.9. The maximum Gasteiger partial charge on any atom is 0.306 e. The van der Waals surface area contributed by atoms with Gasteiger partial charge in [-0.3, -0.25) is 14.4 Å². The summed E-state index contributed by atoms with van der Waals surface area (Å²) in [6.45, 7) is 6.53. The molecule has 71 heavy (non-hydrogen) atoms. The number of allylic oxidation sites excluding steroid dienone is 12. The molecule has 0 spiro atoms. The third-order valence-corrected chi connectivity index (χ3v) is 13.2. The van der Waals surface area contributed by atoms with Crippen LogP contribution in [0.15, 0.2) is 72.9 Å². The number of carbonyl (C=O) groups is 3. The standard InChI is InChI=1S/C65H114O6/c1-4-7-10-13-16-19-22-25-27-29-31-32-34-35-37-40-43-46-49-52-55-58-64(67)70-61-62(60-69-63(66)57-54-51-48-45-42-39-24-21-18-15-12-9-6-3)71-65(68)59-56-53-50-47-44-41-38-36-33-30-28-26-23-20-17-14-11-8-5-2/h8,11,17,20,26,28-29,31,33,36,41,44,62H,4-7,9-10,12-16,18-19,21-25,27,30,32,34-35,37-40,42-43,45-61H2,1-3H3/b11-8-,20-17-,28-26-,31-29-,36-33-,44-41-. The molecule has 6 nitrogen and oxygen atoms in total. The molecule has 0 aliphatic heterocycles. The van der Waals surface area contributed by atoms with E-state index in [0.29, 0.717) is 19.3 Å².